The van der Waals surface area contributed by atoms with Gasteiger partial charge in [0.25, 0.3) is 0 Å². The van der Waals surface area contributed by atoms with Crippen LogP contribution in [0.15, 0.2) is 6.20 Å². The Kier molecular flexibility index (Phi) is 4.07. The van der Waals surface area contributed by atoms with Crippen molar-refractivity contribution in [3.05, 3.63) is 17.5 Å². The molecule has 2 N–H and O–H groups in total. The van der Waals surface area contributed by atoms with Crippen molar-refractivity contribution in [3.8, 4) is 0 Å². The highest BCUT2D eigenvalue weighted by Crippen LogP contribution is 2.31. The maximum atomic E-state index is 5.84. The highest BCUT2D eigenvalue weighted by Gasteiger charge is 2.29. The first-order chi connectivity index (χ1) is 8.52. The minimum absolute atomic E-state index is 0.433. The van der Waals surface area contributed by atoms with Crippen LogP contribution in [0.2, 0.25) is 0 Å². The fraction of sp³-hybridized carbons (Fsp3) is 0.786. The average Bonchev–Trinajstić information content (AvgIpc) is 2.68. The van der Waals surface area contributed by atoms with Crippen molar-refractivity contribution < 1.29 is 0 Å². The van der Waals surface area contributed by atoms with Crippen LogP contribution < -0.4 is 5.73 Å². The van der Waals surface area contributed by atoms with E-state index in [1.54, 1.807) is 0 Å². The van der Waals surface area contributed by atoms with Gasteiger partial charge in [-0.05, 0) is 46.1 Å². The molecule has 2 rings (SSSR count). The largest absolute Gasteiger partial charge is 0.330 e. The average molecular weight is 250 g/mol. The molecule has 1 aliphatic heterocycles. The third-order valence-corrected chi connectivity index (χ3v) is 4.36. The summed E-state index contributed by atoms with van der Waals surface area (Å²) in [5.41, 5.74) is 8.34. The summed E-state index contributed by atoms with van der Waals surface area (Å²) in [6, 6.07) is 1.07. The van der Waals surface area contributed by atoms with Gasteiger partial charge in [-0.15, -0.1) is 0 Å². The van der Waals surface area contributed by atoms with Crippen LogP contribution in [0.5, 0.6) is 0 Å². The third kappa shape index (κ3) is 2.59. The first-order valence-electron chi connectivity index (χ1n) is 6.98. The third-order valence-electron chi connectivity index (χ3n) is 4.36. The Morgan fingerprint density at radius 1 is 1.50 bits per heavy atom. The molecule has 2 heterocycles. The molecule has 3 unspecified atom stereocenters. The van der Waals surface area contributed by atoms with Crippen molar-refractivity contribution in [2.45, 2.75) is 45.7 Å². The summed E-state index contributed by atoms with van der Waals surface area (Å²) in [5.74, 6) is 0.653. The van der Waals surface area contributed by atoms with E-state index < -0.39 is 0 Å². The molecule has 1 aromatic heterocycles. The molecule has 0 saturated carbocycles. The first-order valence-corrected chi connectivity index (χ1v) is 6.98. The molecule has 0 aromatic carbocycles. The zero-order valence-electron chi connectivity index (χ0n) is 12.1. The monoisotopic (exact) mass is 250 g/mol. The van der Waals surface area contributed by atoms with Gasteiger partial charge in [0.15, 0.2) is 0 Å². The molecule has 1 fully saturated rings. The number of aromatic nitrogens is 2. The van der Waals surface area contributed by atoms with Crippen LogP contribution in [-0.2, 0) is 7.05 Å². The molecule has 4 heteroatoms. The van der Waals surface area contributed by atoms with Gasteiger partial charge in [-0.3, -0.25) is 9.58 Å². The molecule has 0 radical (unpaired) electrons. The summed E-state index contributed by atoms with van der Waals surface area (Å²) in [5, 5.41) is 4.46. The predicted octanol–water partition coefficient (Wildman–Crippen LogP) is 1.85. The molecule has 1 aliphatic rings. The normalized spacial score (nSPS) is 27.4. The van der Waals surface area contributed by atoms with Crippen molar-refractivity contribution in [2.75, 3.05) is 13.1 Å². The highest BCUT2D eigenvalue weighted by molar-refractivity contribution is 5.20. The Labute approximate surface area is 110 Å². The molecule has 3 atom stereocenters. The molecule has 4 nitrogen and oxygen atoms in total. The van der Waals surface area contributed by atoms with Crippen LogP contribution in [0.25, 0.3) is 0 Å². The van der Waals surface area contributed by atoms with Gasteiger partial charge < -0.3 is 5.73 Å². The Hall–Kier alpha value is -0.870. The Bertz CT molecular complexity index is 398. The van der Waals surface area contributed by atoms with Crippen molar-refractivity contribution >= 4 is 0 Å². The summed E-state index contributed by atoms with van der Waals surface area (Å²) < 4.78 is 1.91. The second-order valence-electron chi connectivity index (χ2n) is 5.74. The molecule has 0 spiro atoms. The van der Waals surface area contributed by atoms with Gasteiger partial charge in [0, 0.05) is 37.4 Å². The van der Waals surface area contributed by atoms with E-state index in [0.717, 1.165) is 18.8 Å². The summed E-state index contributed by atoms with van der Waals surface area (Å²) in [7, 11) is 1.99. The van der Waals surface area contributed by atoms with E-state index in [4.69, 9.17) is 5.73 Å². The number of rotatable bonds is 3. The van der Waals surface area contributed by atoms with Gasteiger partial charge in [-0.25, -0.2) is 0 Å². The van der Waals surface area contributed by atoms with Crippen LogP contribution in [0, 0.1) is 12.8 Å². The smallest absolute Gasteiger partial charge is 0.0641 e. The van der Waals surface area contributed by atoms with E-state index in [9.17, 15) is 0 Å². The van der Waals surface area contributed by atoms with Gasteiger partial charge in [0.05, 0.1) is 5.69 Å². The van der Waals surface area contributed by atoms with Crippen LogP contribution in [-0.4, -0.2) is 33.8 Å². The number of piperidine rings is 1. The van der Waals surface area contributed by atoms with Crippen LogP contribution >= 0.6 is 0 Å². The Balaban J connectivity index is 2.16. The van der Waals surface area contributed by atoms with Crippen LogP contribution in [0.1, 0.15) is 44.0 Å². The summed E-state index contributed by atoms with van der Waals surface area (Å²) in [6.45, 7) is 8.64. The van der Waals surface area contributed by atoms with E-state index in [1.165, 1.54) is 18.4 Å². The topological polar surface area (TPSA) is 47.1 Å². The molecule has 0 aliphatic carbocycles. The molecule has 0 amide bonds. The lowest BCUT2D eigenvalue weighted by Gasteiger charge is -2.41. The minimum atomic E-state index is 0.433. The lowest BCUT2D eigenvalue weighted by atomic mass is 9.91. The quantitative estimate of drug-likeness (QED) is 0.890. The number of hydrogen-bond donors (Lipinski definition) is 1. The molecule has 1 saturated heterocycles. The van der Waals surface area contributed by atoms with Crippen LogP contribution in [0.4, 0.5) is 0 Å². The van der Waals surface area contributed by atoms with Crippen molar-refractivity contribution in [1.82, 2.24) is 14.7 Å². The number of nitrogens with two attached hydrogens (primary N) is 1. The summed E-state index contributed by atoms with van der Waals surface area (Å²) in [6.07, 6.45) is 4.68. The van der Waals surface area contributed by atoms with Gasteiger partial charge in [-0.2, -0.15) is 5.10 Å². The Morgan fingerprint density at radius 3 is 2.78 bits per heavy atom. The van der Waals surface area contributed by atoms with E-state index >= 15 is 0 Å². The fourth-order valence-corrected chi connectivity index (χ4v) is 3.15. The number of hydrogen-bond acceptors (Lipinski definition) is 3. The van der Waals surface area contributed by atoms with Gasteiger partial charge in [0.1, 0.15) is 0 Å². The van der Waals surface area contributed by atoms with Gasteiger partial charge in [-0.1, -0.05) is 0 Å². The maximum Gasteiger partial charge on any atom is 0.0641 e. The lowest BCUT2D eigenvalue weighted by Crippen LogP contribution is -2.45. The fourth-order valence-electron chi connectivity index (χ4n) is 3.15. The number of aryl methyl sites for hydroxylation is 2. The second-order valence-corrected chi connectivity index (χ2v) is 5.74. The number of likely N-dealkylation sites (tertiary alicyclic amines) is 1. The summed E-state index contributed by atoms with van der Waals surface area (Å²) in [4.78, 5) is 2.59. The van der Waals surface area contributed by atoms with Crippen molar-refractivity contribution in [2.24, 2.45) is 18.7 Å². The van der Waals surface area contributed by atoms with Gasteiger partial charge in [0.2, 0.25) is 0 Å². The van der Waals surface area contributed by atoms with Crippen molar-refractivity contribution in [3.63, 3.8) is 0 Å². The lowest BCUT2D eigenvalue weighted by molar-refractivity contribution is 0.0810. The standard InChI is InChI=1S/C14H26N4/c1-10-5-6-13(7-15)8-18(10)12(3)14-9-17(4)16-11(14)2/h9-10,12-13H,5-8,15H2,1-4H3. The van der Waals surface area contributed by atoms with E-state index in [1.807, 2.05) is 11.7 Å². The molecule has 0 bridgehead atoms. The predicted molar refractivity (Wildman–Crippen MR) is 74.3 cm³/mol. The molecular formula is C14H26N4. The van der Waals surface area contributed by atoms with Crippen LogP contribution in [0.3, 0.4) is 0 Å². The number of nitrogens with zero attached hydrogens (tertiary/aromatic N) is 3. The minimum Gasteiger partial charge on any atom is -0.330 e. The molecular weight excluding hydrogens is 224 g/mol. The second kappa shape index (κ2) is 5.41. The Morgan fingerprint density at radius 2 is 2.22 bits per heavy atom. The highest BCUT2D eigenvalue weighted by atomic mass is 15.3. The molecule has 102 valence electrons. The first kappa shape index (κ1) is 13.6. The SMILES string of the molecule is Cc1nn(C)cc1C(C)N1CC(CN)CCC1C. The van der Waals surface area contributed by atoms with Gasteiger partial charge >= 0.3 is 0 Å². The molecule has 1 aromatic rings. The zero-order valence-corrected chi connectivity index (χ0v) is 12.1. The van der Waals surface area contributed by atoms with Crippen molar-refractivity contribution in [1.29, 1.82) is 0 Å². The summed E-state index contributed by atoms with van der Waals surface area (Å²) >= 11 is 0. The van der Waals surface area contributed by atoms with E-state index in [0.29, 0.717) is 18.0 Å². The molecule has 18 heavy (non-hydrogen) atoms. The zero-order chi connectivity index (χ0) is 13.3. The maximum absolute atomic E-state index is 5.84. The van der Waals surface area contributed by atoms with E-state index in [-0.39, 0.29) is 0 Å². The van der Waals surface area contributed by atoms with E-state index in [2.05, 4.69) is 37.0 Å².